The van der Waals surface area contributed by atoms with Crippen molar-refractivity contribution in [2.75, 3.05) is 0 Å². The average Bonchev–Trinajstić information content (AvgIpc) is 2.81. The van der Waals surface area contributed by atoms with E-state index in [1.54, 1.807) is 11.6 Å². The van der Waals surface area contributed by atoms with Crippen LogP contribution in [0.1, 0.15) is 0 Å². The second-order valence-corrected chi connectivity index (χ2v) is 4.61. The first-order valence-electron chi connectivity index (χ1n) is 4.69. The van der Waals surface area contributed by atoms with Gasteiger partial charge in [-0.15, -0.1) is 0 Å². The van der Waals surface area contributed by atoms with Gasteiger partial charge in [-0.2, -0.15) is 5.10 Å². The number of thiophene rings is 1. The number of aromatic amines is 1. The predicted molar refractivity (Wildman–Crippen MR) is 63.4 cm³/mol. The van der Waals surface area contributed by atoms with Crippen molar-refractivity contribution in [1.82, 2.24) is 14.8 Å². The van der Waals surface area contributed by atoms with Gasteiger partial charge in [0.15, 0.2) is 0 Å². The number of nitro groups is 1. The van der Waals surface area contributed by atoms with Crippen molar-refractivity contribution >= 4 is 37.5 Å². The maximum Gasteiger partial charge on any atom is 0.326 e. The molecule has 0 spiro atoms. The van der Waals surface area contributed by atoms with Crippen molar-refractivity contribution in [3.8, 4) is 0 Å². The molecule has 3 heterocycles. The topological polar surface area (TPSA) is 93.8 Å². The lowest BCUT2D eigenvalue weighted by Crippen LogP contribution is -2.10. The van der Waals surface area contributed by atoms with Gasteiger partial charge < -0.3 is 4.57 Å². The second kappa shape index (κ2) is 3.14. The number of hydrogen-bond acceptors (Lipinski definition) is 5. The van der Waals surface area contributed by atoms with Gasteiger partial charge in [0.25, 0.3) is 5.56 Å². The summed E-state index contributed by atoms with van der Waals surface area (Å²) in [6.07, 6.45) is 1.51. The third-order valence-corrected chi connectivity index (χ3v) is 3.76. The number of aromatic nitrogens is 3. The monoisotopic (exact) mass is 250 g/mol. The summed E-state index contributed by atoms with van der Waals surface area (Å²) < 4.78 is 2.36. The smallest absolute Gasteiger partial charge is 0.326 e. The van der Waals surface area contributed by atoms with E-state index in [0.29, 0.717) is 21.1 Å². The Morgan fingerprint density at radius 2 is 2.35 bits per heavy atom. The predicted octanol–water partition coefficient (Wildman–Crippen LogP) is 1.38. The van der Waals surface area contributed by atoms with Crippen molar-refractivity contribution in [2.24, 2.45) is 7.05 Å². The van der Waals surface area contributed by atoms with Gasteiger partial charge in [0.1, 0.15) is 5.52 Å². The first-order chi connectivity index (χ1) is 8.09. The minimum atomic E-state index is -0.433. The molecule has 0 saturated heterocycles. The normalized spacial score (nSPS) is 11.4. The fraction of sp³-hybridized carbons (Fsp3) is 0.111. The first-order valence-corrected chi connectivity index (χ1v) is 5.51. The van der Waals surface area contributed by atoms with E-state index in [1.165, 1.54) is 12.3 Å². The van der Waals surface area contributed by atoms with E-state index < -0.39 is 4.92 Å². The number of aryl methyl sites for hydroxylation is 1. The van der Waals surface area contributed by atoms with Gasteiger partial charge in [-0.05, 0) is 0 Å². The SMILES string of the molecule is Cn1c2cc([N+](=O)[O-])sc2c2cn[nH]c(=O)c21. The van der Waals surface area contributed by atoms with Gasteiger partial charge in [0.05, 0.1) is 27.4 Å². The molecule has 17 heavy (non-hydrogen) atoms. The maximum atomic E-state index is 11.6. The van der Waals surface area contributed by atoms with Crippen LogP contribution in [0.2, 0.25) is 0 Å². The summed E-state index contributed by atoms with van der Waals surface area (Å²) in [5, 5.41) is 17.5. The molecule has 0 radical (unpaired) electrons. The standard InChI is InChI=1S/C9H6N4O3S/c1-12-5-2-6(13(15)16)17-8(5)4-3-10-11-9(14)7(4)12/h2-3H,1H3,(H,11,14). The summed E-state index contributed by atoms with van der Waals surface area (Å²) in [4.78, 5) is 21.9. The van der Waals surface area contributed by atoms with Gasteiger partial charge in [-0.3, -0.25) is 14.9 Å². The fourth-order valence-electron chi connectivity index (χ4n) is 1.91. The molecular formula is C9H6N4O3S. The Bertz CT molecular complexity index is 813. The van der Waals surface area contributed by atoms with E-state index in [4.69, 9.17) is 0 Å². The third-order valence-electron chi connectivity index (χ3n) is 2.65. The molecule has 0 bridgehead atoms. The molecule has 8 heteroatoms. The minimum Gasteiger partial charge on any atom is -0.338 e. The Labute approximate surface area is 97.4 Å². The van der Waals surface area contributed by atoms with Crippen LogP contribution in [0.5, 0.6) is 0 Å². The lowest BCUT2D eigenvalue weighted by atomic mass is 10.3. The number of H-pyrrole nitrogens is 1. The summed E-state index contributed by atoms with van der Waals surface area (Å²) in [5.41, 5.74) is 0.863. The minimum absolute atomic E-state index is 0.0628. The molecular weight excluding hydrogens is 244 g/mol. The molecule has 7 nitrogen and oxygen atoms in total. The van der Waals surface area contributed by atoms with Crippen LogP contribution in [0, 0.1) is 10.1 Å². The highest BCUT2D eigenvalue weighted by Crippen LogP contribution is 2.36. The molecule has 0 unspecified atom stereocenters. The number of fused-ring (bicyclic) bond motifs is 3. The zero-order valence-electron chi connectivity index (χ0n) is 8.63. The Morgan fingerprint density at radius 3 is 3.06 bits per heavy atom. The number of nitrogens with one attached hydrogen (secondary N) is 1. The molecule has 0 fully saturated rings. The van der Waals surface area contributed by atoms with Crippen molar-refractivity contribution in [3.63, 3.8) is 0 Å². The number of rotatable bonds is 1. The van der Waals surface area contributed by atoms with Crippen molar-refractivity contribution in [3.05, 3.63) is 32.7 Å². The van der Waals surface area contributed by atoms with Crippen LogP contribution < -0.4 is 5.56 Å². The van der Waals surface area contributed by atoms with Crippen LogP contribution in [-0.4, -0.2) is 19.7 Å². The molecule has 0 aliphatic rings. The summed E-state index contributed by atoms with van der Waals surface area (Å²) in [7, 11) is 1.70. The largest absolute Gasteiger partial charge is 0.338 e. The molecule has 3 rings (SSSR count). The van der Waals surface area contributed by atoms with Crippen LogP contribution in [0.25, 0.3) is 21.1 Å². The highest BCUT2D eigenvalue weighted by atomic mass is 32.1. The second-order valence-electron chi connectivity index (χ2n) is 3.58. The Kier molecular flexibility index (Phi) is 1.84. The third kappa shape index (κ3) is 1.21. The van der Waals surface area contributed by atoms with Crippen LogP contribution in [0.4, 0.5) is 5.00 Å². The van der Waals surface area contributed by atoms with Gasteiger partial charge >= 0.3 is 5.00 Å². The highest BCUT2D eigenvalue weighted by molar-refractivity contribution is 7.23. The van der Waals surface area contributed by atoms with Crippen LogP contribution in [0.3, 0.4) is 0 Å². The van der Waals surface area contributed by atoms with Gasteiger partial charge in [-0.25, -0.2) is 5.10 Å². The molecule has 86 valence electrons. The molecule has 1 N–H and O–H groups in total. The number of hydrogen-bond donors (Lipinski definition) is 1. The van der Waals surface area contributed by atoms with E-state index in [0.717, 1.165) is 11.3 Å². The van der Waals surface area contributed by atoms with E-state index in [1.807, 2.05) is 0 Å². The molecule has 0 aromatic carbocycles. The molecule has 0 saturated carbocycles. The molecule has 0 aliphatic heterocycles. The molecule has 0 amide bonds. The number of nitrogens with zero attached hydrogens (tertiary/aromatic N) is 3. The average molecular weight is 250 g/mol. The van der Waals surface area contributed by atoms with Crippen LogP contribution in [0.15, 0.2) is 17.1 Å². The Morgan fingerprint density at radius 1 is 1.59 bits per heavy atom. The summed E-state index contributed by atoms with van der Waals surface area (Å²) in [5.74, 6) is 0. The van der Waals surface area contributed by atoms with Crippen molar-refractivity contribution in [1.29, 1.82) is 0 Å². The Hall–Kier alpha value is -2.22. The summed E-state index contributed by atoms with van der Waals surface area (Å²) >= 11 is 1.05. The van der Waals surface area contributed by atoms with Crippen molar-refractivity contribution in [2.45, 2.75) is 0 Å². The van der Waals surface area contributed by atoms with E-state index in [2.05, 4.69) is 10.2 Å². The quantitative estimate of drug-likeness (QED) is 0.521. The summed E-state index contributed by atoms with van der Waals surface area (Å²) in [6, 6.07) is 1.47. The molecule has 3 aromatic heterocycles. The Balaban J connectivity index is 2.55. The van der Waals surface area contributed by atoms with Crippen LogP contribution >= 0.6 is 11.3 Å². The summed E-state index contributed by atoms with van der Waals surface area (Å²) in [6.45, 7) is 0. The zero-order chi connectivity index (χ0) is 12.2. The van der Waals surface area contributed by atoms with E-state index in [9.17, 15) is 14.9 Å². The highest BCUT2D eigenvalue weighted by Gasteiger charge is 2.19. The first kappa shape index (κ1) is 9.97. The van der Waals surface area contributed by atoms with E-state index >= 15 is 0 Å². The van der Waals surface area contributed by atoms with Gasteiger partial charge in [0.2, 0.25) is 0 Å². The van der Waals surface area contributed by atoms with Gasteiger partial charge in [0, 0.05) is 12.4 Å². The molecule has 0 atom stereocenters. The van der Waals surface area contributed by atoms with Gasteiger partial charge in [-0.1, -0.05) is 11.3 Å². The van der Waals surface area contributed by atoms with E-state index in [-0.39, 0.29) is 10.6 Å². The lowest BCUT2D eigenvalue weighted by Gasteiger charge is -1.93. The fourth-order valence-corrected chi connectivity index (χ4v) is 2.93. The van der Waals surface area contributed by atoms with Crippen molar-refractivity contribution < 1.29 is 4.92 Å². The lowest BCUT2D eigenvalue weighted by molar-refractivity contribution is -0.380. The molecule has 0 aliphatic carbocycles. The zero-order valence-corrected chi connectivity index (χ0v) is 9.45. The molecule has 3 aromatic rings. The van der Waals surface area contributed by atoms with Crippen LogP contribution in [-0.2, 0) is 7.05 Å². The maximum absolute atomic E-state index is 11.6.